The topological polar surface area (TPSA) is 56.1 Å². The van der Waals surface area contributed by atoms with E-state index < -0.39 is 0 Å². The first-order valence-electron chi connectivity index (χ1n) is 7.32. The zero-order chi connectivity index (χ0) is 14.5. The fourth-order valence-corrected chi connectivity index (χ4v) is 2.27. The standard InChI is InChI=1S/C16H19N3O2/c20-16(13-4-1-5-13)18-14-6-2-7-15(12-14)21-11-10-19-9-3-8-17-19/h2-3,6-9,12-13H,1,4-5,10-11H2,(H,18,20). The fourth-order valence-electron chi connectivity index (χ4n) is 2.27. The number of anilines is 1. The summed E-state index contributed by atoms with van der Waals surface area (Å²) in [7, 11) is 0. The zero-order valence-electron chi connectivity index (χ0n) is 11.9. The first-order valence-corrected chi connectivity index (χ1v) is 7.32. The Labute approximate surface area is 123 Å². The van der Waals surface area contributed by atoms with Crippen molar-refractivity contribution in [3.05, 3.63) is 42.7 Å². The highest BCUT2D eigenvalue weighted by atomic mass is 16.5. The van der Waals surface area contributed by atoms with Crippen LogP contribution in [0, 0.1) is 5.92 Å². The van der Waals surface area contributed by atoms with Crippen molar-refractivity contribution in [2.24, 2.45) is 5.92 Å². The molecule has 3 rings (SSSR count). The van der Waals surface area contributed by atoms with E-state index >= 15 is 0 Å². The Hall–Kier alpha value is -2.30. The van der Waals surface area contributed by atoms with Crippen molar-refractivity contribution < 1.29 is 9.53 Å². The molecule has 1 aromatic carbocycles. The van der Waals surface area contributed by atoms with E-state index in [9.17, 15) is 4.79 Å². The molecule has 2 aromatic rings. The maximum atomic E-state index is 11.9. The van der Waals surface area contributed by atoms with E-state index in [1.807, 2.05) is 41.2 Å². The van der Waals surface area contributed by atoms with Gasteiger partial charge >= 0.3 is 0 Å². The minimum Gasteiger partial charge on any atom is -0.492 e. The Kier molecular flexibility index (Phi) is 4.19. The zero-order valence-corrected chi connectivity index (χ0v) is 11.9. The van der Waals surface area contributed by atoms with Crippen LogP contribution >= 0.6 is 0 Å². The van der Waals surface area contributed by atoms with Gasteiger partial charge in [-0.05, 0) is 31.0 Å². The Morgan fingerprint density at radius 3 is 3.00 bits per heavy atom. The van der Waals surface area contributed by atoms with E-state index in [-0.39, 0.29) is 11.8 Å². The molecule has 0 aliphatic heterocycles. The predicted octanol–water partition coefficient (Wildman–Crippen LogP) is 2.70. The average molecular weight is 285 g/mol. The van der Waals surface area contributed by atoms with E-state index in [2.05, 4.69) is 10.4 Å². The molecule has 0 radical (unpaired) electrons. The third-order valence-electron chi connectivity index (χ3n) is 3.73. The van der Waals surface area contributed by atoms with Crippen molar-refractivity contribution in [2.45, 2.75) is 25.8 Å². The molecule has 1 saturated carbocycles. The fraction of sp³-hybridized carbons (Fsp3) is 0.375. The Bertz CT molecular complexity index is 591. The van der Waals surface area contributed by atoms with Gasteiger partial charge in [-0.1, -0.05) is 12.5 Å². The van der Waals surface area contributed by atoms with Gasteiger partial charge in [0.1, 0.15) is 12.4 Å². The molecular weight excluding hydrogens is 266 g/mol. The number of carbonyl (C=O) groups excluding carboxylic acids is 1. The number of hydrogen-bond donors (Lipinski definition) is 1. The summed E-state index contributed by atoms with van der Waals surface area (Å²) in [5, 5.41) is 7.07. The molecule has 110 valence electrons. The lowest BCUT2D eigenvalue weighted by Crippen LogP contribution is -2.27. The summed E-state index contributed by atoms with van der Waals surface area (Å²) >= 11 is 0. The highest BCUT2D eigenvalue weighted by Gasteiger charge is 2.25. The quantitative estimate of drug-likeness (QED) is 0.887. The SMILES string of the molecule is O=C(Nc1cccc(OCCn2cccn2)c1)C1CCC1. The first-order chi connectivity index (χ1) is 10.3. The monoisotopic (exact) mass is 285 g/mol. The molecule has 1 aromatic heterocycles. The van der Waals surface area contributed by atoms with Gasteiger partial charge in [-0.3, -0.25) is 9.48 Å². The number of benzene rings is 1. The van der Waals surface area contributed by atoms with E-state index in [0.717, 1.165) is 30.7 Å². The summed E-state index contributed by atoms with van der Waals surface area (Å²) in [5.41, 5.74) is 0.795. The number of hydrogen-bond acceptors (Lipinski definition) is 3. The molecule has 0 spiro atoms. The summed E-state index contributed by atoms with van der Waals surface area (Å²) in [6.45, 7) is 1.24. The van der Waals surface area contributed by atoms with Crippen LogP contribution in [0.25, 0.3) is 0 Å². The van der Waals surface area contributed by atoms with E-state index in [0.29, 0.717) is 13.2 Å². The second-order valence-corrected chi connectivity index (χ2v) is 5.26. The Morgan fingerprint density at radius 2 is 2.29 bits per heavy atom. The van der Waals surface area contributed by atoms with Crippen LogP contribution in [-0.4, -0.2) is 22.3 Å². The normalized spacial score (nSPS) is 14.5. The van der Waals surface area contributed by atoms with Gasteiger partial charge in [-0.25, -0.2) is 0 Å². The third-order valence-corrected chi connectivity index (χ3v) is 3.73. The molecule has 0 bridgehead atoms. The molecule has 1 fully saturated rings. The second kappa shape index (κ2) is 6.43. The van der Waals surface area contributed by atoms with Gasteiger partial charge in [-0.2, -0.15) is 5.10 Å². The van der Waals surface area contributed by atoms with Crippen molar-refractivity contribution >= 4 is 11.6 Å². The second-order valence-electron chi connectivity index (χ2n) is 5.26. The smallest absolute Gasteiger partial charge is 0.227 e. The number of ether oxygens (including phenoxy) is 1. The molecular formula is C16H19N3O2. The van der Waals surface area contributed by atoms with Crippen LogP contribution in [0.3, 0.4) is 0 Å². The average Bonchev–Trinajstić information content (AvgIpc) is 2.90. The molecule has 0 saturated heterocycles. The van der Waals surface area contributed by atoms with Crippen molar-refractivity contribution in [1.82, 2.24) is 9.78 Å². The van der Waals surface area contributed by atoms with E-state index in [1.165, 1.54) is 0 Å². The van der Waals surface area contributed by atoms with E-state index in [1.54, 1.807) is 6.20 Å². The van der Waals surface area contributed by atoms with Gasteiger partial charge in [0.05, 0.1) is 6.54 Å². The number of nitrogens with one attached hydrogen (secondary N) is 1. The number of rotatable bonds is 6. The van der Waals surface area contributed by atoms with E-state index in [4.69, 9.17) is 4.74 Å². The lowest BCUT2D eigenvalue weighted by molar-refractivity contribution is -0.122. The van der Waals surface area contributed by atoms with Crippen molar-refractivity contribution in [3.63, 3.8) is 0 Å². The van der Waals surface area contributed by atoms with Crippen LogP contribution < -0.4 is 10.1 Å². The van der Waals surface area contributed by atoms with Gasteiger partial charge in [-0.15, -0.1) is 0 Å². The van der Waals surface area contributed by atoms with Crippen LogP contribution in [-0.2, 0) is 11.3 Å². The third kappa shape index (κ3) is 3.62. The number of amides is 1. The number of carbonyl (C=O) groups is 1. The molecule has 0 unspecified atom stereocenters. The highest BCUT2D eigenvalue weighted by molar-refractivity contribution is 5.93. The highest BCUT2D eigenvalue weighted by Crippen LogP contribution is 2.28. The van der Waals surface area contributed by atoms with Gasteiger partial charge in [0, 0.05) is 30.1 Å². The molecule has 1 aliphatic rings. The minimum absolute atomic E-state index is 0.120. The van der Waals surface area contributed by atoms with Crippen molar-refractivity contribution in [2.75, 3.05) is 11.9 Å². The summed E-state index contributed by atoms with van der Waals surface area (Å²) < 4.78 is 7.51. The largest absolute Gasteiger partial charge is 0.492 e. The van der Waals surface area contributed by atoms with Crippen LogP contribution in [0.5, 0.6) is 5.75 Å². The van der Waals surface area contributed by atoms with Crippen LogP contribution in [0.2, 0.25) is 0 Å². The van der Waals surface area contributed by atoms with Gasteiger partial charge < -0.3 is 10.1 Å². The molecule has 5 nitrogen and oxygen atoms in total. The molecule has 1 heterocycles. The van der Waals surface area contributed by atoms with Crippen LogP contribution in [0.4, 0.5) is 5.69 Å². The summed E-state index contributed by atoms with van der Waals surface area (Å²) in [6.07, 6.45) is 6.82. The van der Waals surface area contributed by atoms with Crippen LogP contribution in [0.15, 0.2) is 42.7 Å². The maximum absolute atomic E-state index is 11.9. The van der Waals surface area contributed by atoms with Crippen molar-refractivity contribution in [1.29, 1.82) is 0 Å². The van der Waals surface area contributed by atoms with Crippen LogP contribution in [0.1, 0.15) is 19.3 Å². The Morgan fingerprint density at radius 1 is 1.38 bits per heavy atom. The first kappa shape index (κ1) is 13.7. The Balaban J connectivity index is 1.51. The minimum atomic E-state index is 0.120. The predicted molar refractivity (Wildman–Crippen MR) is 80.1 cm³/mol. The lowest BCUT2D eigenvalue weighted by atomic mass is 9.85. The summed E-state index contributed by atoms with van der Waals surface area (Å²) in [4.78, 5) is 11.9. The maximum Gasteiger partial charge on any atom is 0.227 e. The number of aromatic nitrogens is 2. The molecule has 1 N–H and O–H groups in total. The van der Waals surface area contributed by atoms with Gasteiger partial charge in [0.2, 0.25) is 5.91 Å². The summed E-state index contributed by atoms with van der Waals surface area (Å²) in [6, 6.07) is 9.41. The lowest BCUT2D eigenvalue weighted by Gasteiger charge is -2.24. The molecule has 21 heavy (non-hydrogen) atoms. The molecule has 1 aliphatic carbocycles. The molecule has 0 atom stereocenters. The molecule has 5 heteroatoms. The number of nitrogens with zero attached hydrogens (tertiary/aromatic N) is 2. The van der Waals surface area contributed by atoms with Crippen molar-refractivity contribution in [3.8, 4) is 5.75 Å². The van der Waals surface area contributed by atoms with Gasteiger partial charge in [0.15, 0.2) is 0 Å². The van der Waals surface area contributed by atoms with Gasteiger partial charge in [0.25, 0.3) is 0 Å². The summed E-state index contributed by atoms with van der Waals surface area (Å²) in [5.74, 6) is 1.07. The molecule has 1 amide bonds.